The molecule has 1 amide bonds. The molecule has 1 heterocycles. The Kier molecular flexibility index (Phi) is 2.85. The Bertz CT molecular complexity index is 678. The summed E-state index contributed by atoms with van der Waals surface area (Å²) < 4.78 is 13.3. The molecule has 2 aromatic rings. The van der Waals surface area contributed by atoms with Gasteiger partial charge in [0.2, 0.25) is 5.91 Å². The first kappa shape index (κ1) is 12.9. The Balaban J connectivity index is 2.00. The third-order valence-corrected chi connectivity index (χ3v) is 4.00. The molecule has 3 rings (SSSR count). The van der Waals surface area contributed by atoms with Gasteiger partial charge in [-0.2, -0.15) is 0 Å². The fraction of sp³-hybridized carbons (Fsp3) is 0.235. The molecular weight excluding hydrogens is 253 g/mol. The summed E-state index contributed by atoms with van der Waals surface area (Å²) in [6.07, 6.45) is 0.609. The number of hydrogen-bond donors (Lipinski definition) is 1. The minimum Gasteiger partial charge on any atom is -0.325 e. The highest BCUT2D eigenvalue weighted by molar-refractivity contribution is 6.06. The van der Waals surface area contributed by atoms with E-state index >= 15 is 0 Å². The van der Waals surface area contributed by atoms with Crippen LogP contribution in [-0.4, -0.2) is 5.91 Å². The van der Waals surface area contributed by atoms with E-state index in [4.69, 9.17) is 0 Å². The quantitative estimate of drug-likeness (QED) is 0.887. The predicted octanol–water partition coefficient (Wildman–Crippen LogP) is 3.59. The molecule has 3 heteroatoms. The van der Waals surface area contributed by atoms with Gasteiger partial charge in [-0.1, -0.05) is 35.9 Å². The average Bonchev–Trinajstić information content (AvgIpc) is 2.64. The van der Waals surface area contributed by atoms with Gasteiger partial charge >= 0.3 is 0 Å². The molecule has 0 radical (unpaired) electrons. The fourth-order valence-electron chi connectivity index (χ4n) is 2.77. The van der Waals surface area contributed by atoms with E-state index in [2.05, 4.69) is 5.32 Å². The smallest absolute Gasteiger partial charge is 0.235 e. The van der Waals surface area contributed by atoms with Crippen LogP contribution in [0.4, 0.5) is 10.1 Å². The zero-order valence-corrected chi connectivity index (χ0v) is 11.5. The van der Waals surface area contributed by atoms with Gasteiger partial charge in [-0.15, -0.1) is 0 Å². The van der Waals surface area contributed by atoms with Gasteiger partial charge in [0.05, 0.1) is 5.41 Å². The lowest BCUT2D eigenvalue weighted by Crippen LogP contribution is -2.33. The first-order valence-electron chi connectivity index (χ1n) is 6.66. The number of aryl methyl sites for hydroxylation is 1. The van der Waals surface area contributed by atoms with Crippen molar-refractivity contribution in [2.24, 2.45) is 0 Å². The van der Waals surface area contributed by atoms with Crippen molar-refractivity contribution in [3.8, 4) is 0 Å². The molecule has 1 atom stereocenters. The number of hydrogen-bond acceptors (Lipinski definition) is 1. The summed E-state index contributed by atoms with van der Waals surface area (Å²) in [5, 5.41) is 2.78. The van der Waals surface area contributed by atoms with E-state index in [-0.39, 0.29) is 11.7 Å². The standard InChI is InChI=1S/C17H16FNO/c1-11-3-5-12(6-4-11)10-17(2)14-8-7-13(18)9-15(14)19-16(17)20/h3-9H,10H2,1-2H3,(H,19,20). The van der Waals surface area contributed by atoms with Gasteiger partial charge in [-0.25, -0.2) is 4.39 Å². The second-order valence-corrected chi connectivity index (χ2v) is 5.64. The monoisotopic (exact) mass is 269 g/mol. The third-order valence-electron chi connectivity index (χ3n) is 4.00. The van der Waals surface area contributed by atoms with E-state index in [0.29, 0.717) is 12.1 Å². The molecule has 1 aliphatic rings. The Morgan fingerprint density at radius 3 is 2.55 bits per heavy atom. The van der Waals surface area contributed by atoms with Crippen LogP contribution < -0.4 is 5.32 Å². The molecule has 0 saturated carbocycles. The number of amides is 1. The molecule has 0 bridgehead atoms. The van der Waals surface area contributed by atoms with Gasteiger partial charge in [0, 0.05) is 5.69 Å². The topological polar surface area (TPSA) is 29.1 Å². The van der Waals surface area contributed by atoms with E-state index in [9.17, 15) is 9.18 Å². The molecule has 2 nitrogen and oxygen atoms in total. The third kappa shape index (κ3) is 1.99. The largest absolute Gasteiger partial charge is 0.325 e. The highest BCUT2D eigenvalue weighted by Crippen LogP contribution is 2.40. The molecule has 1 unspecified atom stereocenters. The maximum atomic E-state index is 13.3. The van der Waals surface area contributed by atoms with E-state index in [1.54, 1.807) is 6.07 Å². The van der Waals surface area contributed by atoms with Crippen molar-refractivity contribution in [2.45, 2.75) is 25.7 Å². The van der Waals surface area contributed by atoms with Crippen molar-refractivity contribution in [1.29, 1.82) is 0 Å². The second-order valence-electron chi connectivity index (χ2n) is 5.64. The first-order valence-corrected chi connectivity index (χ1v) is 6.66. The molecule has 2 aromatic carbocycles. The summed E-state index contributed by atoms with van der Waals surface area (Å²) in [6.45, 7) is 3.94. The molecule has 102 valence electrons. The van der Waals surface area contributed by atoms with Crippen LogP contribution in [0.5, 0.6) is 0 Å². The summed E-state index contributed by atoms with van der Waals surface area (Å²) in [5.74, 6) is -0.401. The minimum atomic E-state index is -0.641. The number of halogens is 1. The summed E-state index contributed by atoms with van der Waals surface area (Å²) in [4.78, 5) is 12.3. The molecule has 0 spiro atoms. The van der Waals surface area contributed by atoms with Gasteiger partial charge in [-0.3, -0.25) is 4.79 Å². The first-order chi connectivity index (χ1) is 9.49. The summed E-state index contributed by atoms with van der Waals surface area (Å²) >= 11 is 0. The number of rotatable bonds is 2. The van der Waals surface area contributed by atoms with E-state index in [1.165, 1.54) is 17.7 Å². The molecule has 0 aliphatic carbocycles. The van der Waals surface area contributed by atoms with Gasteiger partial charge in [0.1, 0.15) is 5.82 Å². The second kappa shape index (κ2) is 4.44. The summed E-state index contributed by atoms with van der Waals surface area (Å²) in [7, 11) is 0. The van der Waals surface area contributed by atoms with Gasteiger partial charge in [0.25, 0.3) is 0 Å². The van der Waals surface area contributed by atoms with Crippen LogP contribution in [0.3, 0.4) is 0 Å². The highest BCUT2D eigenvalue weighted by Gasteiger charge is 2.42. The van der Waals surface area contributed by atoms with Crippen molar-refractivity contribution in [1.82, 2.24) is 0 Å². The van der Waals surface area contributed by atoms with Crippen LogP contribution >= 0.6 is 0 Å². The molecule has 1 aliphatic heterocycles. The maximum absolute atomic E-state index is 13.3. The molecule has 0 fully saturated rings. The van der Waals surface area contributed by atoms with Crippen molar-refractivity contribution in [2.75, 3.05) is 5.32 Å². The zero-order valence-electron chi connectivity index (χ0n) is 11.5. The van der Waals surface area contributed by atoms with Crippen molar-refractivity contribution in [3.63, 3.8) is 0 Å². The van der Waals surface area contributed by atoms with Crippen LogP contribution in [0.15, 0.2) is 42.5 Å². The van der Waals surface area contributed by atoms with Gasteiger partial charge in [-0.05, 0) is 43.5 Å². The lowest BCUT2D eigenvalue weighted by Gasteiger charge is -2.22. The van der Waals surface area contributed by atoms with E-state index < -0.39 is 5.41 Å². The van der Waals surface area contributed by atoms with Crippen LogP contribution in [-0.2, 0) is 16.6 Å². The van der Waals surface area contributed by atoms with E-state index in [0.717, 1.165) is 11.1 Å². The number of fused-ring (bicyclic) bond motifs is 1. The zero-order chi connectivity index (χ0) is 14.3. The van der Waals surface area contributed by atoms with E-state index in [1.807, 2.05) is 38.1 Å². The predicted molar refractivity (Wildman–Crippen MR) is 77.3 cm³/mol. The molecule has 1 N–H and O–H groups in total. The highest BCUT2D eigenvalue weighted by atomic mass is 19.1. The van der Waals surface area contributed by atoms with Crippen molar-refractivity contribution in [3.05, 3.63) is 65.0 Å². The minimum absolute atomic E-state index is 0.0707. The molecular formula is C17H16FNO. The molecule has 0 aromatic heterocycles. The number of anilines is 1. The lowest BCUT2D eigenvalue weighted by molar-refractivity contribution is -0.120. The van der Waals surface area contributed by atoms with Crippen LogP contribution in [0.1, 0.15) is 23.6 Å². The molecule has 20 heavy (non-hydrogen) atoms. The number of carbonyl (C=O) groups excluding carboxylic acids is 1. The Morgan fingerprint density at radius 1 is 1.15 bits per heavy atom. The number of carbonyl (C=O) groups is 1. The Morgan fingerprint density at radius 2 is 1.85 bits per heavy atom. The summed E-state index contributed by atoms with van der Waals surface area (Å²) in [5.41, 5.74) is 3.11. The Hall–Kier alpha value is -2.16. The molecule has 0 saturated heterocycles. The number of nitrogens with one attached hydrogen (secondary N) is 1. The lowest BCUT2D eigenvalue weighted by atomic mass is 9.78. The van der Waals surface area contributed by atoms with Crippen LogP contribution in [0.25, 0.3) is 0 Å². The van der Waals surface area contributed by atoms with Gasteiger partial charge in [0.15, 0.2) is 0 Å². The van der Waals surface area contributed by atoms with Gasteiger partial charge < -0.3 is 5.32 Å². The number of benzene rings is 2. The summed E-state index contributed by atoms with van der Waals surface area (Å²) in [6, 6.07) is 12.6. The average molecular weight is 269 g/mol. The van der Waals surface area contributed by atoms with Crippen molar-refractivity contribution >= 4 is 11.6 Å². The van der Waals surface area contributed by atoms with Crippen molar-refractivity contribution < 1.29 is 9.18 Å². The van der Waals surface area contributed by atoms with Crippen LogP contribution in [0, 0.1) is 12.7 Å². The Labute approximate surface area is 117 Å². The fourth-order valence-corrected chi connectivity index (χ4v) is 2.77. The SMILES string of the molecule is Cc1ccc(CC2(C)C(=O)Nc3cc(F)ccc32)cc1. The normalized spacial score (nSPS) is 20.6. The van der Waals surface area contributed by atoms with Crippen LogP contribution in [0.2, 0.25) is 0 Å². The maximum Gasteiger partial charge on any atom is 0.235 e.